The minimum atomic E-state index is -2.30. The number of aryl methyl sites for hydroxylation is 1. The van der Waals surface area contributed by atoms with Crippen LogP contribution in [0.2, 0.25) is 0 Å². The van der Waals surface area contributed by atoms with Gasteiger partial charge in [-0.05, 0) is 12.1 Å². The van der Waals surface area contributed by atoms with E-state index in [1.54, 1.807) is 0 Å². The van der Waals surface area contributed by atoms with Crippen molar-refractivity contribution in [2.24, 2.45) is 0 Å². The number of benzene rings is 1. The first-order valence-corrected chi connectivity index (χ1v) is 9.42. The van der Waals surface area contributed by atoms with Crippen LogP contribution >= 0.6 is 37.5 Å². The Balaban J connectivity index is 2.99. The average Bonchev–Trinajstić information content (AvgIpc) is 1.86. The van der Waals surface area contributed by atoms with Crippen molar-refractivity contribution >= 4 is 47.9 Å². The smallest absolute Gasteiger partial charge is 0.126 e. The lowest BCUT2D eigenvalue weighted by atomic mass is 10.2. The Morgan fingerprint density at radius 3 is 2.00 bits per heavy atom. The molecule has 0 aliphatic carbocycles. The summed E-state index contributed by atoms with van der Waals surface area (Å²) in [5, 5.41) is -1.31. The zero-order valence-corrected chi connectivity index (χ0v) is 10.0. The van der Waals surface area contributed by atoms with Crippen LogP contribution in [0.15, 0.2) is 24.3 Å². The van der Waals surface area contributed by atoms with Crippen molar-refractivity contribution in [3.05, 3.63) is 29.8 Å². The van der Waals surface area contributed by atoms with Crippen LogP contribution in [0.4, 0.5) is 0 Å². The van der Waals surface area contributed by atoms with E-state index < -0.39 is 5.31 Å². The lowest BCUT2D eigenvalue weighted by Crippen LogP contribution is -2.28. The maximum atomic E-state index is 5.93. The molecular formula is C7H7BrCl2Si. The topological polar surface area (TPSA) is 0 Å². The van der Waals surface area contributed by atoms with Crippen LogP contribution in [0.25, 0.3) is 0 Å². The molecule has 0 atom stereocenters. The highest BCUT2D eigenvalue weighted by molar-refractivity contribution is 9.29. The molecule has 0 unspecified atom stereocenters. The van der Waals surface area contributed by atoms with Crippen molar-refractivity contribution in [2.45, 2.75) is 6.92 Å². The second kappa shape index (κ2) is 3.48. The summed E-state index contributed by atoms with van der Waals surface area (Å²) in [6.45, 7) is 2.03. The van der Waals surface area contributed by atoms with Gasteiger partial charge in [0.05, 0.1) is 0 Å². The number of rotatable bonds is 1. The molecule has 0 heterocycles. The Morgan fingerprint density at radius 2 is 1.64 bits per heavy atom. The summed E-state index contributed by atoms with van der Waals surface area (Å²) in [4.78, 5) is 0. The van der Waals surface area contributed by atoms with Gasteiger partial charge in [-0.1, -0.05) is 45.1 Å². The minimum Gasteiger partial charge on any atom is -0.126 e. The third kappa shape index (κ3) is 2.78. The van der Waals surface area contributed by atoms with Gasteiger partial charge in [-0.15, -0.1) is 22.2 Å². The third-order valence-corrected chi connectivity index (χ3v) is 5.05. The SMILES string of the molecule is Cc1ccc([Si](Cl)(Cl)Br)cc1. The molecule has 0 saturated heterocycles. The summed E-state index contributed by atoms with van der Waals surface area (Å²) >= 11 is 15.1. The van der Waals surface area contributed by atoms with Crippen molar-refractivity contribution in [3.63, 3.8) is 0 Å². The first kappa shape index (κ1) is 9.58. The van der Waals surface area contributed by atoms with Gasteiger partial charge < -0.3 is 0 Å². The second-order valence-corrected chi connectivity index (χ2v) is 14.2. The molecule has 60 valence electrons. The molecule has 0 N–H and O–H groups in total. The fourth-order valence-corrected chi connectivity index (χ4v) is 2.84. The van der Waals surface area contributed by atoms with Crippen LogP contribution in [0.1, 0.15) is 5.56 Å². The highest BCUT2D eigenvalue weighted by Crippen LogP contribution is 2.21. The van der Waals surface area contributed by atoms with Gasteiger partial charge in [0, 0.05) is 0 Å². The summed E-state index contributed by atoms with van der Waals surface area (Å²) in [5.74, 6) is 0. The van der Waals surface area contributed by atoms with E-state index in [0.29, 0.717) is 0 Å². The van der Waals surface area contributed by atoms with Gasteiger partial charge in [-0.3, -0.25) is 0 Å². The predicted molar refractivity (Wildman–Crippen MR) is 57.2 cm³/mol. The molecule has 0 bridgehead atoms. The fourth-order valence-electron chi connectivity index (χ4n) is 0.743. The maximum Gasteiger partial charge on any atom is 0.347 e. The maximum absolute atomic E-state index is 5.93. The molecule has 0 saturated carbocycles. The highest BCUT2D eigenvalue weighted by Gasteiger charge is 2.26. The quantitative estimate of drug-likeness (QED) is 0.543. The van der Waals surface area contributed by atoms with E-state index in [1.807, 2.05) is 31.2 Å². The van der Waals surface area contributed by atoms with E-state index >= 15 is 0 Å². The molecule has 0 radical (unpaired) electrons. The molecule has 1 rings (SSSR count). The van der Waals surface area contributed by atoms with Crippen LogP contribution in [0.5, 0.6) is 0 Å². The molecule has 0 aliphatic rings. The molecule has 0 fully saturated rings. The van der Waals surface area contributed by atoms with E-state index in [0.717, 1.165) is 5.19 Å². The lowest BCUT2D eigenvalue weighted by molar-refractivity contribution is 1.49. The molecule has 0 aromatic heterocycles. The first-order valence-electron chi connectivity index (χ1n) is 3.14. The average molecular weight is 270 g/mol. The molecule has 0 aliphatic heterocycles. The summed E-state index contributed by atoms with van der Waals surface area (Å²) in [6, 6.07) is 7.92. The molecule has 0 spiro atoms. The predicted octanol–water partition coefficient (Wildman–Crippen LogP) is 3.01. The normalized spacial score (nSPS) is 11.6. The van der Waals surface area contributed by atoms with Crippen LogP contribution in [0, 0.1) is 6.92 Å². The van der Waals surface area contributed by atoms with Gasteiger partial charge in [0.25, 0.3) is 0 Å². The highest BCUT2D eigenvalue weighted by atomic mass is 79.9. The van der Waals surface area contributed by atoms with E-state index in [1.165, 1.54) is 5.56 Å². The van der Waals surface area contributed by atoms with Gasteiger partial charge >= 0.3 is 5.31 Å². The number of hydrogen-bond acceptors (Lipinski definition) is 0. The first-order chi connectivity index (χ1) is 5.00. The fraction of sp³-hybridized carbons (Fsp3) is 0.143. The van der Waals surface area contributed by atoms with Crippen molar-refractivity contribution < 1.29 is 0 Å². The lowest BCUT2D eigenvalue weighted by Gasteiger charge is -2.07. The van der Waals surface area contributed by atoms with Crippen LogP contribution < -0.4 is 5.19 Å². The molecule has 1 aromatic carbocycles. The number of hydrogen-bond donors (Lipinski definition) is 0. The van der Waals surface area contributed by atoms with E-state index in [4.69, 9.17) is 22.2 Å². The Morgan fingerprint density at radius 1 is 1.18 bits per heavy atom. The Labute approximate surface area is 84.5 Å². The van der Waals surface area contributed by atoms with Crippen molar-refractivity contribution in [3.8, 4) is 0 Å². The monoisotopic (exact) mass is 268 g/mol. The summed E-state index contributed by atoms with van der Waals surface area (Å²) in [5.41, 5.74) is 1.22. The second-order valence-electron chi connectivity index (χ2n) is 2.36. The largest absolute Gasteiger partial charge is 0.347 e. The van der Waals surface area contributed by atoms with E-state index in [2.05, 4.69) is 15.3 Å². The molecule has 1 aromatic rings. The van der Waals surface area contributed by atoms with Gasteiger partial charge in [0.2, 0.25) is 0 Å². The molecule has 0 nitrogen and oxygen atoms in total. The van der Waals surface area contributed by atoms with Gasteiger partial charge in [-0.2, -0.15) is 0 Å². The van der Waals surface area contributed by atoms with E-state index in [-0.39, 0.29) is 0 Å². The van der Waals surface area contributed by atoms with Gasteiger partial charge in [0.1, 0.15) is 0 Å². The molecular weight excluding hydrogens is 263 g/mol. The number of halogens is 3. The van der Waals surface area contributed by atoms with Crippen LogP contribution in [-0.4, -0.2) is 5.31 Å². The molecule has 11 heavy (non-hydrogen) atoms. The zero-order valence-electron chi connectivity index (χ0n) is 5.94. The Bertz CT molecular complexity index is 240. The van der Waals surface area contributed by atoms with Crippen LogP contribution in [-0.2, 0) is 0 Å². The van der Waals surface area contributed by atoms with Crippen molar-refractivity contribution in [1.29, 1.82) is 0 Å². The third-order valence-electron chi connectivity index (χ3n) is 1.38. The zero-order chi connectivity index (χ0) is 8.48. The van der Waals surface area contributed by atoms with Crippen LogP contribution in [0.3, 0.4) is 0 Å². The van der Waals surface area contributed by atoms with E-state index in [9.17, 15) is 0 Å². The molecule has 4 heteroatoms. The summed E-state index contributed by atoms with van der Waals surface area (Å²) in [6.07, 6.45) is 0. The van der Waals surface area contributed by atoms with Gasteiger partial charge in [0.15, 0.2) is 0 Å². The van der Waals surface area contributed by atoms with Crippen molar-refractivity contribution in [1.82, 2.24) is 0 Å². The summed E-state index contributed by atoms with van der Waals surface area (Å²) < 4.78 is 0. The Hall–Kier alpha value is 0.497. The standard InChI is InChI=1S/C7H7BrCl2Si/c1-6-2-4-7(5-3-6)11(8,9)10/h2-5H,1H3. The Kier molecular flexibility index (Phi) is 3.03. The molecule has 0 amide bonds. The minimum absolute atomic E-state index is 0.992. The van der Waals surface area contributed by atoms with Gasteiger partial charge in [-0.25, -0.2) is 0 Å². The summed E-state index contributed by atoms with van der Waals surface area (Å²) in [7, 11) is 0. The van der Waals surface area contributed by atoms with Crippen molar-refractivity contribution in [2.75, 3.05) is 0 Å².